The number of nitrogens with zero attached hydrogens (tertiary/aromatic N) is 1. The van der Waals surface area contributed by atoms with Gasteiger partial charge in [-0.1, -0.05) is 48.4 Å². The molecule has 0 saturated carbocycles. The maximum atomic E-state index is 5.58. The molecule has 2 aromatic rings. The second-order valence-corrected chi connectivity index (χ2v) is 3.56. The van der Waals surface area contributed by atoms with E-state index in [2.05, 4.69) is 4.90 Å². The molecular weight excluding hydrogens is 221 g/mol. The number of hydrogen-bond donors (Lipinski definition) is 0. The van der Waals surface area contributed by atoms with E-state index in [-0.39, 0.29) is 0 Å². The maximum absolute atomic E-state index is 5.58. The van der Waals surface area contributed by atoms with E-state index in [0.717, 1.165) is 11.5 Å². The van der Waals surface area contributed by atoms with Gasteiger partial charge in [0.1, 0.15) is 11.5 Å². The normalized spacial score (nSPS) is 11.3. The third-order valence-corrected chi connectivity index (χ3v) is 2.18. The van der Waals surface area contributed by atoms with Crippen LogP contribution in [0.15, 0.2) is 77.6 Å². The highest BCUT2D eigenvalue weighted by molar-refractivity contribution is 6.44. The van der Waals surface area contributed by atoms with E-state index in [0.29, 0.717) is 0 Å². The first kappa shape index (κ1) is 12.2. The van der Waals surface area contributed by atoms with Crippen LogP contribution in [0.1, 0.15) is 0 Å². The molecule has 0 spiro atoms. The molecule has 0 fully saturated rings. The number of para-hydroxylation sites is 2. The molecule has 3 heteroatoms. The van der Waals surface area contributed by atoms with Crippen LogP contribution in [-0.2, 0) is 0 Å². The number of benzene rings is 2. The minimum absolute atomic E-state index is 0.869. The molecule has 1 aliphatic rings. The predicted molar refractivity (Wildman–Crippen MR) is 76.3 cm³/mol. The summed E-state index contributed by atoms with van der Waals surface area (Å²) in [6, 6.07) is 19.5. The standard InChI is InChI=1S/C12H10O.C3H3BN/c1-3-7-11(8-4-1)13-12-9-5-2-6-10-12;1-2-4-5-3-1/h1-10H;1-3H. The molecule has 87 valence electrons. The number of allylic oxidation sites excluding steroid dienone is 1. The monoisotopic (exact) mass is 234 g/mol. The highest BCUT2D eigenvalue weighted by Crippen LogP contribution is 2.19. The van der Waals surface area contributed by atoms with E-state index < -0.39 is 0 Å². The Morgan fingerprint density at radius 3 is 1.67 bits per heavy atom. The molecule has 18 heavy (non-hydrogen) atoms. The topological polar surface area (TPSA) is 21.6 Å². The van der Waals surface area contributed by atoms with Gasteiger partial charge in [-0.25, -0.2) is 0 Å². The van der Waals surface area contributed by atoms with Gasteiger partial charge in [-0.15, -0.1) is 0 Å². The lowest BCUT2D eigenvalue weighted by molar-refractivity contribution is 0.482. The van der Waals surface area contributed by atoms with Gasteiger partial charge in [0.25, 0.3) is 0 Å². The van der Waals surface area contributed by atoms with Crippen LogP contribution >= 0.6 is 0 Å². The van der Waals surface area contributed by atoms with Crippen molar-refractivity contribution in [3.63, 3.8) is 0 Å². The molecule has 0 amide bonds. The van der Waals surface area contributed by atoms with E-state index in [1.165, 1.54) is 0 Å². The molecule has 0 unspecified atom stereocenters. The van der Waals surface area contributed by atoms with E-state index >= 15 is 0 Å². The maximum Gasteiger partial charge on any atom is 0.304 e. The van der Waals surface area contributed by atoms with Crippen LogP contribution in [0.2, 0.25) is 0 Å². The van der Waals surface area contributed by atoms with E-state index in [4.69, 9.17) is 4.74 Å². The molecule has 0 N–H and O–H groups in total. The van der Waals surface area contributed by atoms with Crippen molar-refractivity contribution >= 4 is 13.6 Å². The summed E-state index contributed by atoms with van der Waals surface area (Å²) in [5, 5.41) is 0. The van der Waals surface area contributed by atoms with Crippen LogP contribution in [0, 0.1) is 0 Å². The molecule has 1 heterocycles. The van der Waals surface area contributed by atoms with Crippen molar-refractivity contribution < 1.29 is 4.74 Å². The minimum atomic E-state index is 0.869. The lowest BCUT2D eigenvalue weighted by atomic mass is 10.00. The van der Waals surface area contributed by atoms with Crippen molar-refractivity contribution in [2.45, 2.75) is 0 Å². The van der Waals surface area contributed by atoms with Crippen LogP contribution in [0.3, 0.4) is 0 Å². The van der Waals surface area contributed by atoms with Gasteiger partial charge in [-0.2, -0.15) is 0 Å². The van der Waals surface area contributed by atoms with Crippen LogP contribution in [0.25, 0.3) is 0 Å². The first-order valence-electron chi connectivity index (χ1n) is 5.75. The van der Waals surface area contributed by atoms with Gasteiger partial charge in [0.15, 0.2) is 0 Å². The largest absolute Gasteiger partial charge is 0.457 e. The van der Waals surface area contributed by atoms with E-state index in [1.54, 1.807) is 13.6 Å². The van der Waals surface area contributed by atoms with Crippen LogP contribution in [0.4, 0.5) is 0 Å². The predicted octanol–water partition coefficient (Wildman–Crippen LogP) is 3.68. The molecule has 2 aromatic carbocycles. The number of ether oxygens (including phenoxy) is 1. The second-order valence-electron chi connectivity index (χ2n) is 3.56. The Balaban J connectivity index is 0.000000202. The average molecular weight is 234 g/mol. The van der Waals surface area contributed by atoms with Crippen molar-refractivity contribution in [2.75, 3.05) is 0 Å². The second kappa shape index (κ2) is 7.12. The van der Waals surface area contributed by atoms with Gasteiger partial charge < -0.3 is 9.64 Å². The SMILES string of the molecule is [B]1C=CC=N1.c1ccc(Oc2ccccc2)cc1. The summed E-state index contributed by atoms with van der Waals surface area (Å²) in [7, 11) is 1.75. The molecule has 1 radical (unpaired) electrons. The Labute approximate surface area is 108 Å². The highest BCUT2D eigenvalue weighted by Gasteiger charge is 1.92. The van der Waals surface area contributed by atoms with E-state index in [1.807, 2.05) is 72.7 Å². The fourth-order valence-electron chi connectivity index (χ4n) is 1.36. The summed E-state index contributed by atoms with van der Waals surface area (Å²) >= 11 is 0. The first-order valence-corrected chi connectivity index (χ1v) is 5.75. The number of hydrogen-bond acceptors (Lipinski definition) is 2. The van der Waals surface area contributed by atoms with Crippen LogP contribution in [-0.4, -0.2) is 13.6 Å². The third kappa shape index (κ3) is 4.30. The smallest absolute Gasteiger partial charge is 0.304 e. The first-order chi connectivity index (χ1) is 8.95. The summed E-state index contributed by atoms with van der Waals surface area (Å²) in [6.07, 6.45) is 3.64. The van der Waals surface area contributed by atoms with Crippen molar-refractivity contribution in [3.8, 4) is 11.5 Å². The molecule has 0 saturated heterocycles. The lowest BCUT2D eigenvalue weighted by Gasteiger charge is -2.03. The van der Waals surface area contributed by atoms with Crippen molar-refractivity contribution in [2.24, 2.45) is 4.90 Å². The van der Waals surface area contributed by atoms with Gasteiger partial charge in [0.2, 0.25) is 0 Å². The Bertz CT molecular complexity index is 461. The Kier molecular flexibility index (Phi) is 4.82. The van der Waals surface area contributed by atoms with Crippen LogP contribution in [0.5, 0.6) is 11.5 Å². The molecule has 0 aromatic heterocycles. The Hall–Kier alpha value is -2.29. The highest BCUT2D eigenvalue weighted by atomic mass is 16.5. The van der Waals surface area contributed by atoms with Gasteiger partial charge in [0, 0.05) is 6.21 Å². The Morgan fingerprint density at radius 2 is 1.33 bits per heavy atom. The van der Waals surface area contributed by atoms with Crippen molar-refractivity contribution in [1.29, 1.82) is 0 Å². The zero-order chi connectivity index (χ0) is 12.5. The molecule has 0 aliphatic carbocycles. The summed E-state index contributed by atoms with van der Waals surface area (Å²) in [5.41, 5.74) is 0. The summed E-state index contributed by atoms with van der Waals surface area (Å²) in [5.74, 6) is 3.63. The summed E-state index contributed by atoms with van der Waals surface area (Å²) in [4.78, 5) is 3.72. The van der Waals surface area contributed by atoms with Gasteiger partial charge >= 0.3 is 7.41 Å². The van der Waals surface area contributed by atoms with Crippen molar-refractivity contribution in [1.82, 2.24) is 0 Å². The number of rotatable bonds is 2. The fourth-order valence-corrected chi connectivity index (χ4v) is 1.36. The van der Waals surface area contributed by atoms with Gasteiger partial charge in [-0.3, -0.25) is 0 Å². The molecular formula is C15H13BNO. The Morgan fingerprint density at radius 1 is 0.778 bits per heavy atom. The average Bonchev–Trinajstić information content (AvgIpc) is 3.00. The summed E-state index contributed by atoms with van der Waals surface area (Å²) < 4.78 is 5.58. The molecule has 0 bridgehead atoms. The van der Waals surface area contributed by atoms with Crippen LogP contribution < -0.4 is 4.74 Å². The molecule has 2 nitrogen and oxygen atoms in total. The lowest BCUT2D eigenvalue weighted by Crippen LogP contribution is -1.81. The fraction of sp³-hybridized carbons (Fsp3) is 0. The minimum Gasteiger partial charge on any atom is -0.457 e. The van der Waals surface area contributed by atoms with E-state index in [9.17, 15) is 0 Å². The molecule has 1 aliphatic heterocycles. The van der Waals surface area contributed by atoms with Crippen molar-refractivity contribution in [3.05, 3.63) is 72.7 Å². The zero-order valence-corrected chi connectivity index (χ0v) is 9.94. The quantitative estimate of drug-likeness (QED) is 0.726. The van der Waals surface area contributed by atoms with Gasteiger partial charge in [-0.05, 0) is 24.3 Å². The van der Waals surface area contributed by atoms with Gasteiger partial charge in [0.05, 0.1) is 0 Å². The zero-order valence-electron chi connectivity index (χ0n) is 9.94. The third-order valence-electron chi connectivity index (χ3n) is 2.18. The molecule has 0 atom stereocenters. The summed E-state index contributed by atoms with van der Waals surface area (Å²) in [6.45, 7) is 0. The molecule has 3 rings (SSSR count).